The lowest BCUT2D eigenvalue weighted by Crippen LogP contribution is -2.52. The lowest BCUT2D eigenvalue weighted by molar-refractivity contribution is -0.0810. The Morgan fingerprint density at radius 1 is 0.618 bits per heavy atom. The Morgan fingerprint density at radius 2 is 0.971 bits per heavy atom. The molecule has 0 bridgehead atoms. The molecule has 0 radical (unpaired) electrons. The van der Waals surface area contributed by atoms with Crippen molar-refractivity contribution in [1.29, 1.82) is 0 Å². The molecule has 0 atom stereocenters. The largest absolute Gasteiger partial charge is 0.392 e. The van der Waals surface area contributed by atoms with E-state index in [9.17, 15) is 10.2 Å². The van der Waals surface area contributed by atoms with Crippen LogP contribution in [0.1, 0.15) is 23.2 Å². The van der Waals surface area contributed by atoms with Gasteiger partial charge < -0.3 is 30.0 Å². The molecule has 1 aliphatic rings. The summed E-state index contributed by atoms with van der Waals surface area (Å²) < 4.78 is 0. The van der Waals surface area contributed by atoms with Crippen LogP contribution in [-0.4, -0.2) is 70.5 Å². The number of nitrogens with zero attached hydrogens (tertiary/aromatic N) is 4. The zero-order valence-corrected chi connectivity index (χ0v) is 19.8. The van der Waals surface area contributed by atoms with E-state index in [1.807, 2.05) is 86.5 Å². The molecule has 4 N–H and O–H groups in total. The number of hydrogen-bond acceptors (Lipinski definition) is 6. The molecule has 0 aliphatic heterocycles. The highest BCUT2D eigenvalue weighted by molar-refractivity contribution is 5.62. The molecule has 1 fully saturated rings. The predicted octanol–water partition coefficient (Wildman–Crippen LogP) is 3.20. The summed E-state index contributed by atoms with van der Waals surface area (Å²) in [5.74, 6) is 0.568. The fourth-order valence-electron chi connectivity index (χ4n) is 4.58. The first-order valence-corrected chi connectivity index (χ1v) is 11.3. The van der Waals surface area contributed by atoms with Crippen molar-refractivity contribution in [3.63, 3.8) is 0 Å². The summed E-state index contributed by atoms with van der Waals surface area (Å²) in [7, 11) is 8.00. The van der Waals surface area contributed by atoms with Crippen LogP contribution in [0.5, 0.6) is 0 Å². The fraction of sp³-hybridized carbons (Fsp3) is 0.308. The molecular formula is C26H30N6O2. The Balaban J connectivity index is 1.30. The number of rotatable bonds is 6. The van der Waals surface area contributed by atoms with Crippen LogP contribution in [0.25, 0.3) is 22.8 Å². The van der Waals surface area contributed by atoms with Gasteiger partial charge in [-0.15, -0.1) is 0 Å². The zero-order valence-electron chi connectivity index (χ0n) is 19.8. The van der Waals surface area contributed by atoms with E-state index in [0.717, 1.165) is 33.9 Å². The second-order valence-electron chi connectivity index (χ2n) is 9.29. The van der Waals surface area contributed by atoms with Crippen LogP contribution in [0.2, 0.25) is 0 Å². The highest BCUT2D eigenvalue weighted by atomic mass is 16.3. The van der Waals surface area contributed by atoms with Crippen molar-refractivity contribution in [2.24, 2.45) is 0 Å². The highest BCUT2D eigenvalue weighted by Gasteiger charge is 2.52. The number of aliphatic hydroxyl groups excluding tert-OH is 2. The van der Waals surface area contributed by atoms with Crippen molar-refractivity contribution >= 4 is 11.4 Å². The zero-order chi connectivity index (χ0) is 24.0. The SMILES string of the molecule is CN(C)c1ccc(-c2ncc(C3C(O)C(c4cnc(-c5ccc(N(C)C)cc5)[nH]4)C3O)[nH]2)cc1. The van der Waals surface area contributed by atoms with Gasteiger partial charge in [0.2, 0.25) is 0 Å². The molecule has 2 aromatic carbocycles. The predicted molar refractivity (Wildman–Crippen MR) is 134 cm³/mol. The molecule has 4 aromatic rings. The van der Waals surface area contributed by atoms with E-state index in [0.29, 0.717) is 11.6 Å². The van der Waals surface area contributed by atoms with Crippen LogP contribution < -0.4 is 9.80 Å². The van der Waals surface area contributed by atoms with Crippen LogP contribution >= 0.6 is 0 Å². The number of hydrogen-bond donors (Lipinski definition) is 4. The molecule has 1 saturated carbocycles. The number of nitrogens with one attached hydrogen (secondary N) is 2. The van der Waals surface area contributed by atoms with Gasteiger partial charge in [0.25, 0.3) is 0 Å². The van der Waals surface area contributed by atoms with Crippen molar-refractivity contribution in [1.82, 2.24) is 19.9 Å². The van der Waals surface area contributed by atoms with Crippen molar-refractivity contribution in [2.75, 3.05) is 38.0 Å². The third-order valence-electron chi connectivity index (χ3n) is 6.70. The van der Waals surface area contributed by atoms with Crippen molar-refractivity contribution < 1.29 is 10.2 Å². The van der Waals surface area contributed by atoms with Gasteiger partial charge in [0, 0.05) is 74.5 Å². The summed E-state index contributed by atoms with van der Waals surface area (Å²) in [5.41, 5.74) is 5.57. The molecule has 0 spiro atoms. The Bertz CT molecular complexity index is 1150. The maximum Gasteiger partial charge on any atom is 0.137 e. The Hall–Kier alpha value is -3.62. The average Bonchev–Trinajstić information content (AvgIpc) is 3.50. The Labute approximate surface area is 198 Å². The molecule has 0 unspecified atom stereocenters. The van der Waals surface area contributed by atoms with Gasteiger partial charge >= 0.3 is 0 Å². The van der Waals surface area contributed by atoms with E-state index in [1.54, 1.807) is 12.4 Å². The number of imidazole rings is 2. The summed E-state index contributed by atoms with van der Waals surface area (Å²) in [5, 5.41) is 21.9. The third-order valence-corrected chi connectivity index (χ3v) is 6.70. The maximum absolute atomic E-state index is 10.9. The molecule has 8 nitrogen and oxygen atoms in total. The molecule has 8 heteroatoms. The van der Waals surface area contributed by atoms with E-state index in [1.165, 1.54) is 0 Å². The molecule has 2 aromatic heterocycles. The topological polar surface area (TPSA) is 104 Å². The molecule has 176 valence electrons. The first-order valence-electron chi connectivity index (χ1n) is 11.3. The molecule has 5 rings (SSSR count). The number of aromatic nitrogens is 4. The third kappa shape index (κ3) is 3.85. The molecule has 0 amide bonds. The average molecular weight is 459 g/mol. The van der Waals surface area contributed by atoms with Crippen LogP contribution in [0.4, 0.5) is 11.4 Å². The van der Waals surface area contributed by atoms with E-state index >= 15 is 0 Å². The minimum absolute atomic E-state index is 0.432. The van der Waals surface area contributed by atoms with Gasteiger partial charge in [-0.05, 0) is 48.5 Å². The lowest BCUT2D eigenvalue weighted by Gasteiger charge is -2.45. The highest BCUT2D eigenvalue weighted by Crippen LogP contribution is 2.47. The quantitative estimate of drug-likeness (QED) is 0.354. The molecular weight excluding hydrogens is 428 g/mol. The number of aromatic amines is 2. The fourth-order valence-corrected chi connectivity index (χ4v) is 4.58. The smallest absolute Gasteiger partial charge is 0.137 e. The number of H-pyrrole nitrogens is 2. The van der Waals surface area contributed by atoms with Crippen LogP contribution in [0.15, 0.2) is 60.9 Å². The normalized spacial score (nSPS) is 21.8. The van der Waals surface area contributed by atoms with Crippen molar-refractivity contribution in [2.45, 2.75) is 24.0 Å². The minimum Gasteiger partial charge on any atom is -0.392 e. The first kappa shape index (κ1) is 22.2. The van der Waals surface area contributed by atoms with Gasteiger partial charge in [0.05, 0.1) is 24.0 Å². The maximum atomic E-state index is 10.9. The van der Waals surface area contributed by atoms with Gasteiger partial charge in [-0.2, -0.15) is 0 Å². The van der Waals surface area contributed by atoms with Gasteiger partial charge in [-0.25, -0.2) is 9.97 Å². The van der Waals surface area contributed by atoms with E-state index < -0.39 is 24.0 Å². The monoisotopic (exact) mass is 458 g/mol. The van der Waals surface area contributed by atoms with Crippen LogP contribution in [0.3, 0.4) is 0 Å². The summed E-state index contributed by atoms with van der Waals surface area (Å²) >= 11 is 0. The first-order chi connectivity index (χ1) is 16.3. The summed E-state index contributed by atoms with van der Waals surface area (Å²) in [6, 6.07) is 16.2. The second kappa shape index (κ2) is 8.62. The Kier molecular flexibility index (Phi) is 5.63. The van der Waals surface area contributed by atoms with Gasteiger partial charge in [-0.1, -0.05) is 0 Å². The van der Waals surface area contributed by atoms with Crippen LogP contribution in [-0.2, 0) is 0 Å². The minimum atomic E-state index is -0.746. The van der Waals surface area contributed by atoms with Crippen molar-refractivity contribution in [3.05, 3.63) is 72.3 Å². The number of aliphatic hydroxyl groups is 2. The second-order valence-corrected chi connectivity index (χ2v) is 9.29. The van der Waals surface area contributed by atoms with E-state index in [2.05, 4.69) is 19.9 Å². The summed E-state index contributed by atoms with van der Waals surface area (Å²) in [6.45, 7) is 0. The molecule has 2 heterocycles. The standard InChI is InChI=1S/C26H30N6O2/c1-31(2)17-9-5-15(6-10-17)25-27-13-19(29-25)21-23(33)22(24(21)34)20-14-28-26(30-20)16-7-11-18(12-8-16)32(3)4/h5-14,21-24,33-34H,1-4H3,(H,27,29)(H,28,30). The van der Waals surface area contributed by atoms with E-state index in [4.69, 9.17) is 0 Å². The Morgan fingerprint density at radius 3 is 1.29 bits per heavy atom. The van der Waals surface area contributed by atoms with Crippen LogP contribution in [0, 0.1) is 0 Å². The molecule has 34 heavy (non-hydrogen) atoms. The van der Waals surface area contributed by atoms with E-state index in [-0.39, 0.29) is 0 Å². The molecule has 1 aliphatic carbocycles. The van der Waals surface area contributed by atoms with Gasteiger partial charge in [0.15, 0.2) is 0 Å². The van der Waals surface area contributed by atoms with Gasteiger partial charge in [0.1, 0.15) is 11.6 Å². The lowest BCUT2D eigenvalue weighted by atomic mass is 9.66. The summed E-state index contributed by atoms with van der Waals surface area (Å²) in [4.78, 5) is 19.6. The number of anilines is 2. The summed E-state index contributed by atoms with van der Waals surface area (Å²) in [6.07, 6.45) is 1.91. The van der Waals surface area contributed by atoms with Crippen molar-refractivity contribution in [3.8, 4) is 22.8 Å². The van der Waals surface area contributed by atoms with Gasteiger partial charge in [-0.3, -0.25) is 0 Å². The number of benzene rings is 2. The molecule has 0 saturated heterocycles.